The molecule has 30 heavy (non-hydrogen) atoms. The second kappa shape index (κ2) is 8.32. The molecule has 4 rings (SSSR count). The van der Waals surface area contributed by atoms with Crippen molar-refractivity contribution < 1.29 is 18.5 Å². The molecule has 1 aliphatic rings. The smallest absolute Gasteiger partial charge is 0.326 e. The SMILES string of the molecule is Cc1cc(CNC(=O)c2ccnc(N3CCN(Cc4ccc(F)cc4)C3=O)c2)no1. The topological polar surface area (TPSA) is 91.6 Å². The Bertz CT molecular complexity index is 1070. The highest BCUT2D eigenvalue weighted by Gasteiger charge is 2.30. The molecule has 0 spiro atoms. The summed E-state index contributed by atoms with van der Waals surface area (Å²) in [5.74, 6) is 0.468. The number of carbonyl (C=O) groups excluding carboxylic acids is 2. The molecule has 1 fully saturated rings. The number of hydrogen-bond acceptors (Lipinski definition) is 5. The fourth-order valence-electron chi connectivity index (χ4n) is 3.23. The number of urea groups is 1. The van der Waals surface area contributed by atoms with Crippen LogP contribution in [0.5, 0.6) is 0 Å². The number of nitrogens with zero attached hydrogens (tertiary/aromatic N) is 4. The van der Waals surface area contributed by atoms with Gasteiger partial charge in [-0.2, -0.15) is 0 Å². The molecule has 3 amide bonds. The minimum atomic E-state index is -0.314. The van der Waals surface area contributed by atoms with E-state index in [2.05, 4.69) is 15.5 Å². The lowest BCUT2D eigenvalue weighted by Crippen LogP contribution is -2.32. The van der Waals surface area contributed by atoms with E-state index in [1.165, 1.54) is 23.2 Å². The van der Waals surface area contributed by atoms with E-state index in [4.69, 9.17) is 4.52 Å². The lowest BCUT2D eigenvalue weighted by molar-refractivity contribution is 0.0950. The second-order valence-corrected chi connectivity index (χ2v) is 7.00. The van der Waals surface area contributed by atoms with Crippen LogP contribution in [0.3, 0.4) is 0 Å². The molecule has 0 atom stereocenters. The number of amides is 3. The maximum absolute atomic E-state index is 13.1. The molecule has 0 radical (unpaired) electrons. The maximum atomic E-state index is 13.1. The van der Waals surface area contributed by atoms with E-state index in [0.29, 0.717) is 42.5 Å². The lowest BCUT2D eigenvalue weighted by Gasteiger charge is -2.18. The molecular formula is C21H20FN5O3. The zero-order chi connectivity index (χ0) is 21.1. The summed E-state index contributed by atoms with van der Waals surface area (Å²) in [4.78, 5) is 32.7. The Labute approximate surface area is 172 Å². The molecule has 2 aromatic heterocycles. The monoisotopic (exact) mass is 409 g/mol. The third kappa shape index (κ3) is 4.29. The summed E-state index contributed by atoms with van der Waals surface area (Å²) in [5, 5.41) is 6.61. The standard InChI is InChI=1S/C21H20FN5O3/c1-14-10-18(25-30-14)12-24-20(28)16-6-7-23-19(11-16)27-9-8-26(21(27)29)13-15-2-4-17(22)5-3-15/h2-7,10-11H,8-9,12-13H2,1H3,(H,24,28). The van der Waals surface area contributed by atoms with Gasteiger partial charge in [-0.15, -0.1) is 0 Å². The highest BCUT2D eigenvalue weighted by molar-refractivity contribution is 5.97. The molecule has 0 saturated carbocycles. The van der Waals surface area contributed by atoms with Gasteiger partial charge in [-0.05, 0) is 36.8 Å². The Hall–Kier alpha value is -3.75. The molecule has 0 bridgehead atoms. The summed E-state index contributed by atoms with van der Waals surface area (Å²) >= 11 is 0. The van der Waals surface area contributed by atoms with E-state index in [9.17, 15) is 14.0 Å². The molecular weight excluding hydrogens is 389 g/mol. The van der Waals surface area contributed by atoms with Crippen molar-refractivity contribution in [2.75, 3.05) is 18.0 Å². The molecule has 3 heterocycles. The Balaban J connectivity index is 1.41. The Kier molecular flexibility index (Phi) is 5.42. The van der Waals surface area contributed by atoms with Gasteiger partial charge in [0.15, 0.2) is 0 Å². The lowest BCUT2D eigenvalue weighted by atomic mass is 10.2. The summed E-state index contributed by atoms with van der Waals surface area (Å²) in [5.41, 5.74) is 1.86. The number of hydrogen-bond donors (Lipinski definition) is 1. The van der Waals surface area contributed by atoms with Crippen LogP contribution in [0.1, 0.15) is 27.4 Å². The molecule has 0 aliphatic carbocycles. The van der Waals surface area contributed by atoms with Crippen LogP contribution in [-0.4, -0.2) is 40.1 Å². The van der Waals surface area contributed by atoms with Crippen molar-refractivity contribution in [2.24, 2.45) is 0 Å². The van der Waals surface area contributed by atoms with Crippen molar-refractivity contribution >= 4 is 17.8 Å². The van der Waals surface area contributed by atoms with Crippen LogP contribution in [0.4, 0.5) is 15.0 Å². The molecule has 1 aromatic carbocycles. The van der Waals surface area contributed by atoms with Crippen LogP contribution in [0.15, 0.2) is 53.2 Å². The summed E-state index contributed by atoms with van der Waals surface area (Å²) in [6, 6.07) is 10.8. The molecule has 8 nitrogen and oxygen atoms in total. The van der Waals surface area contributed by atoms with Crippen molar-refractivity contribution in [1.82, 2.24) is 20.4 Å². The van der Waals surface area contributed by atoms with Gasteiger partial charge in [-0.1, -0.05) is 17.3 Å². The Morgan fingerprint density at radius 3 is 2.73 bits per heavy atom. The van der Waals surface area contributed by atoms with Gasteiger partial charge in [-0.25, -0.2) is 14.2 Å². The number of aromatic nitrogens is 2. The van der Waals surface area contributed by atoms with Gasteiger partial charge in [-0.3, -0.25) is 9.69 Å². The second-order valence-electron chi connectivity index (χ2n) is 7.00. The summed E-state index contributed by atoms with van der Waals surface area (Å²) in [6.45, 7) is 3.37. The predicted octanol–water partition coefficient (Wildman–Crippen LogP) is 2.89. The summed E-state index contributed by atoms with van der Waals surface area (Å²) in [7, 11) is 0. The van der Waals surface area contributed by atoms with Crippen LogP contribution >= 0.6 is 0 Å². The summed E-state index contributed by atoms with van der Waals surface area (Å²) < 4.78 is 18.1. The first-order valence-electron chi connectivity index (χ1n) is 9.47. The molecule has 1 saturated heterocycles. The van der Waals surface area contributed by atoms with Crippen LogP contribution in [0, 0.1) is 12.7 Å². The number of halogens is 1. The minimum absolute atomic E-state index is 0.206. The predicted molar refractivity (Wildman–Crippen MR) is 106 cm³/mol. The van der Waals surface area contributed by atoms with Gasteiger partial charge in [0.25, 0.3) is 5.91 Å². The first kappa shape index (κ1) is 19.6. The van der Waals surface area contributed by atoms with Crippen molar-refractivity contribution in [3.63, 3.8) is 0 Å². The fourth-order valence-corrected chi connectivity index (χ4v) is 3.23. The minimum Gasteiger partial charge on any atom is -0.361 e. The summed E-state index contributed by atoms with van der Waals surface area (Å²) in [6.07, 6.45) is 1.50. The molecule has 1 N–H and O–H groups in total. The first-order valence-corrected chi connectivity index (χ1v) is 9.47. The number of carbonyl (C=O) groups is 2. The van der Waals surface area contributed by atoms with Crippen molar-refractivity contribution in [3.8, 4) is 0 Å². The number of nitrogens with one attached hydrogen (secondary N) is 1. The molecule has 0 unspecified atom stereocenters. The van der Waals surface area contributed by atoms with Crippen molar-refractivity contribution in [2.45, 2.75) is 20.0 Å². The average Bonchev–Trinajstić information content (AvgIpc) is 3.33. The van der Waals surface area contributed by atoms with Crippen LogP contribution in [0.2, 0.25) is 0 Å². The van der Waals surface area contributed by atoms with Gasteiger partial charge in [0.1, 0.15) is 23.1 Å². The van der Waals surface area contributed by atoms with Crippen molar-refractivity contribution in [1.29, 1.82) is 0 Å². The number of rotatable bonds is 6. The van der Waals surface area contributed by atoms with Gasteiger partial charge in [0, 0.05) is 37.5 Å². The quantitative estimate of drug-likeness (QED) is 0.676. The van der Waals surface area contributed by atoms with Gasteiger partial charge >= 0.3 is 6.03 Å². The first-order chi connectivity index (χ1) is 14.5. The normalized spacial score (nSPS) is 13.7. The zero-order valence-corrected chi connectivity index (χ0v) is 16.3. The van der Waals surface area contributed by atoms with Crippen LogP contribution in [0.25, 0.3) is 0 Å². The highest BCUT2D eigenvalue weighted by Crippen LogP contribution is 2.21. The highest BCUT2D eigenvalue weighted by atomic mass is 19.1. The van der Waals surface area contributed by atoms with Crippen LogP contribution in [-0.2, 0) is 13.1 Å². The fraction of sp³-hybridized carbons (Fsp3) is 0.238. The maximum Gasteiger partial charge on any atom is 0.326 e. The van der Waals surface area contributed by atoms with E-state index in [1.54, 1.807) is 42.2 Å². The molecule has 9 heteroatoms. The number of aryl methyl sites for hydroxylation is 1. The van der Waals surface area contributed by atoms with E-state index >= 15 is 0 Å². The molecule has 3 aromatic rings. The average molecular weight is 409 g/mol. The van der Waals surface area contributed by atoms with E-state index in [1.807, 2.05) is 0 Å². The Morgan fingerprint density at radius 1 is 1.20 bits per heavy atom. The largest absolute Gasteiger partial charge is 0.361 e. The third-order valence-electron chi connectivity index (χ3n) is 4.77. The number of pyridine rings is 1. The Morgan fingerprint density at radius 2 is 2.00 bits per heavy atom. The number of anilines is 1. The van der Waals surface area contributed by atoms with E-state index in [-0.39, 0.29) is 24.3 Å². The van der Waals surface area contributed by atoms with Crippen LogP contribution < -0.4 is 10.2 Å². The van der Waals surface area contributed by atoms with E-state index in [0.717, 1.165) is 5.56 Å². The van der Waals surface area contributed by atoms with Gasteiger partial charge < -0.3 is 14.7 Å². The van der Waals surface area contributed by atoms with Crippen molar-refractivity contribution in [3.05, 3.63) is 77.1 Å². The zero-order valence-electron chi connectivity index (χ0n) is 16.3. The van der Waals surface area contributed by atoms with Gasteiger partial charge in [0.05, 0.1) is 6.54 Å². The number of benzene rings is 1. The molecule has 1 aliphatic heterocycles. The molecule has 154 valence electrons. The van der Waals surface area contributed by atoms with E-state index < -0.39 is 0 Å². The third-order valence-corrected chi connectivity index (χ3v) is 4.77. The van der Waals surface area contributed by atoms with Gasteiger partial charge in [0.2, 0.25) is 0 Å².